The number of ether oxygens (including phenoxy) is 1. The Kier molecular flexibility index (Phi) is 4.52. The van der Waals surface area contributed by atoms with Gasteiger partial charge in [-0.2, -0.15) is 0 Å². The molecule has 0 aromatic heterocycles. The molecule has 1 saturated heterocycles. The fraction of sp³-hybridized carbons (Fsp3) is 0.333. The summed E-state index contributed by atoms with van der Waals surface area (Å²) >= 11 is 0. The molecule has 2 nitrogen and oxygen atoms in total. The lowest BCUT2D eigenvalue weighted by Crippen LogP contribution is -2.33. The molecule has 3 unspecified atom stereocenters. The molecule has 0 saturated carbocycles. The van der Waals surface area contributed by atoms with Gasteiger partial charge in [-0.1, -0.05) is 61.0 Å². The Balaban J connectivity index is 1.59. The van der Waals surface area contributed by atoms with Gasteiger partial charge in [0.25, 0.3) is 0 Å². The summed E-state index contributed by atoms with van der Waals surface area (Å²) in [6.45, 7) is 0.573. The van der Waals surface area contributed by atoms with E-state index in [0.29, 0.717) is 11.9 Å². The summed E-state index contributed by atoms with van der Waals surface area (Å²) in [6, 6.07) is 18.5. The molecule has 2 aliphatic rings. The molecule has 0 amide bonds. The molecule has 0 aliphatic carbocycles. The fourth-order valence-electron chi connectivity index (χ4n) is 3.69. The van der Waals surface area contributed by atoms with Crippen LogP contribution in [-0.2, 0) is 17.4 Å². The van der Waals surface area contributed by atoms with E-state index in [1.54, 1.807) is 0 Å². The Labute approximate surface area is 146 Å². The van der Waals surface area contributed by atoms with Gasteiger partial charge in [-0.05, 0) is 36.5 Å². The minimum atomic E-state index is -0.688. The maximum atomic E-state index is 12.4. The number of fused-ring (bicyclic) bond motifs is 2. The first-order valence-corrected chi connectivity index (χ1v) is 9.95. The van der Waals surface area contributed by atoms with E-state index in [4.69, 9.17) is 4.74 Å². The molecule has 2 aliphatic heterocycles. The molecular weight excluding hydrogens is 316 g/mol. The van der Waals surface area contributed by atoms with Crippen molar-refractivity contribution in [3.8, 4) is 5.75 Å². The molecular formula is C21H22O2S. The van der Waals surface area contributed by atoms with Crippen molar-refractivity contribution >= 4 is 16.4 Å². The van der Waals surface area contributed by atoms with Crippen molar-refractivity contribution in [3.63, 3.8) is 0 Å². The molecule has 2 heterocycles. The van der Waals surface area contributed by atoms with Crippen LogP contribution in [0.25, 0.3) is 5.57 Å². The number of benzene rings is 2. The zero-order valence-electron chi connectivity index (χ0n) is 13.7. The molecule has 2 aromatic rings. The zero-order valence-corrected chi connectivity index (χ0v) is 14.5. The second-order valence-corrected chi connectivity index (χ2v) is 8.52. The van der Waals surface area contributed by atoms with Gasteiger partial charge >= 0.3 is 0 Å². The highest BCUT2D eigenvalue weighted by molar-refractivity contribution is 7.86. The number of hydrogen-bond donors (Lipinski definition) is 0. The standard InChI is InChI=1S/C21H22O2S/c22-24-18-9-6-10-19(24)14-17(13-18)20-11-4-5-12-21(20)23-15-16-7-2-1-3-8-16/h1-5,7-8,11-13,18-19H,6,9-10,14-15H2. The summed E-state index contributed by atoms with van der Waals surface area (Å²) in [7, 11) is -0.688. The Morgan fingerprint density at radius 3 is 2.62 bits per heavy atom. The number of hydrogen-bond acceptors (Lipinski definition) is 2. The van der Waals surface area contributed by atoms with Crippen LogP contribution >= 0.6 is 0 Å². The smallest absolute Gasteiger partial charge is 0.127 e. The fourth-order valence-corrected chi connectivity index (χ4v) is 5.63. The molecule has 2 bridgehead atoms. The third-order valence-corrected chi connectivity index (χ3v) is 6.97. The molecule has 4 rings (SSSR count). The first-order chi connectivity index (χ1) is 11.8. The SMILES string of the molecule is O=S1C2C=C(c3ccccc3OCc3ccccc3)CC1CCC2. The first kappa shape index (κ1) is 15.6. The Bertz CT molecular complexity index is 766. The quantitative estimate of drug-likeness (QED) is 0.806. The van der Waals surface area contributed by atoms with Crippen LogP contribution in [0.5, 0.6) is 5.75 Å². The van der Waals surface area contributed by atoms with Gasteiger partial charge in [0.15, 0.2) is 0 Å². The van der Waals surface area contributed by atoms with Crippen molar-refractivity contribution in [2.24, 2.45) is 0 Å². The molecule has 24 heavy (non-hydrogen) atoms. The minimum Gasteiger partial charge on any atom is -0.488 e. The van der Waals surface area contributed by atoms with Crippen molar-refractivity contribution in [1.82, 2.24) is 0 Å². The van der Waals surface area contributed by atoms with Crippen LogP contribution < -0.4 is 4.74 Å². The predicted molar refractivity (Wildman–Crippen MR) is 99.4 cm³/mol. The van der Waals surface area contributed by atoms with Crippen LogP contribution in [0.3, 0.4) is 0 Å². The van der Waals surface area contributed by atoms with Gasteiger partial charge < -0.3 is 4.74 Å². The highest BCUT2D eigenvalue weighted by atomic mass is 32.2. The van der Waals surface area contributed by atoms with Gasteiger partial charge in [0.1, 0.15) is 12.4 Å². The van der Waals surface area contributed by atoms with E-state index in [1.165, 1.54) is 23.1 Å². The topological polar surface area (TPSA) is 26.3 Å². The van der Waals surface area contributed by atoms with E-state index in [2.05, 4.69) is 30.3 Å². The summed E-state index contributed by atoms with van der Waals surface area (Å²) in [5.74, 6) is 0.929. The molecule has 0 N–H and O–H groups in total. The molecule has 3 heteroatoms. The molecule has 0 spiro atoms. The number of allylic oxidation sites excluding steroid dienone is 1. The normalized spacial score (nSPS) is 25.8. The van der Waals surface area contributed by atoms with Gasteiger partial charge in [-0.3, -0.25) is 4.21 Å². The van der Waals surface area contributed by atoms with Crippen LogP contribution in [0.4, 0.5) is 0 Å². The van der Waals surface area contributed by atoms with Crippen molar-refractivity contribution < 1.29 is 8.95 Å². The largest absolute Gasteiger partial charge is 0.488 e. The average molecular weight is 338 g/mol. The highest BCUT2D eigenvalue weighted by Gasteiger charge is 2.34. The lowest BCUT2D eigenvalue weighted by atomic mass is 9.93. The predicted octanol–water partition coefficient (Wildman–Crippen LogP) is 4.72. The van der Waals surface area contributed by atoms with E-state index >= 15 is 0 Å². The Hall–Kier alpha value is -1.87. The highest BCUT2D eigenvalue weighted by Crippen LogP contribution is 2.39. The first-order valence-electron chi connectivity index (χ1n) is 8.67. The summed E-state index contributed by atoms with van der Waals surface area (Å²) < 4.78 is 18.5. The summed E-state index contributed by atoms with van der Waals surface area (Å²) in [4.78, 5) is 0. The maximum Gasteiger partial charge on any atom is 0.127 e. The van der Waals surface area contributed by atoms with Crippen molar-refractivity contribution in [2.75, 3.05) is 0 Å². The Morgan fingerprint density at radius 1 is 1.00 bits per heavy atom. The summed E-state index contributed by atoms with van der Waals surface area (Å²) in [6.07, 6.45) is 6.51. The van der Waals surface area contributed by atoms with Gasteiger partial charge in [0.05, 0.1) is 5.25 Å². The van der Waals surface area contributed by atoms with Gasteiger partial charge in [0.2, 0.25) is 0 Å². The molecule has 2 aromatic carbocycles. The molecule has 124 valence electrons. The van der Waals surface area contributed by atoms with Gasteiger partial charge in [-0.25, -0.2) is 0 Å². The van der Waals surface area contributed by atoms with E-state index in [9.17, 15) is 4.21 Å². The average Bonchev–Trinajstić information content (AvgIpc) is 2.61. The summed E-state index contributed by atoms with van der Waals surface area (Å²) in [5.41, 5.74) is 3.65. The third kappa shape index (κ3) is 3.18. The second kappa shape index (κ2) is 6.94. The van der Waals surface area contributed by atoms with Crippen LogP contribution in [0, 0.1) is 0 Å². The van der Waals surface area contributed by atoms with Crippen molar-refractivity contribution in [2.45, 2.75) is 42.8 Å². The monoisotopic (exact) mass is 338 g/mol. The Morgan fingerprint density at radius 2 is 1.79 bits per heavy atom. The number of rotatable bonds is 4. The van der Waals surface area contributed by atoms with E-state index in [1.807, 2.05) is 30.3 Å². The number of para-hydroxylation sites is 1. The molecule has 1 fully saturated rings. The summed E-state index contributed by atoms with van der Waals surface area (Å²) in [5, 5.41) is 0.556. The lowest BCUT2D eigenvalue weighted by molar-refractivity contribution is 0.305. The van der Waals surface area contributed by atoms with Crippen molar-refractivity contribution in [1.29, 1.82) is 0 Å². The van der Waals surface area contributed by atoms with E-state index < -0.39 is 10.8 Å². The van der Waals surface area contributed by atoms with E-state index in [0.717, 1.165) is 25.0 Å². The van der Waals surface area contributed by atoms with Gasteiger partial charge in [0, 0.05) is 21.6 Å². The van der Waals surface area contributed by atoms with Crippen LogP contribution in [0.15, 0.2) is 60.7 Å². The maximum absolute atomic E-state index is 12.4. The molecule has 3 atom stereocenters. The van der Waals surface area contributed by atoms with E-state index in [-0.39, 0.29) is 5.25 Å². The third-order valence-electron chi connectivity index (χ3n) is 4.95. The van der Waals surface area contributed by atoms with Crippen molar-refractivity contribution in [3.05, 3.63) is 71.8 Å². The van der Waals surface area contributed by atoms with Crippen LogP contribution in [0.1, 0.15) is 36.8 Å². The minimum absolute atomic E-state index is 0.231. The molecule has 0 radical (unpaired) electrons. The van der Waals surface area contributed by atoms with Crippen LogP contribution in [-0.4, -0.2) is 14.7 Å². The lowest BCUT2D eigenvalue weighted by Gasteiger charge is -2.33. The van der Waals surface area contributed by atoms with Crippen LogP contribution in [0.2, 0.25) is 0 Å². The second-order valence-electron chi connectivity index (χ2n) is 6.59. The van der Waals surface area contributed by atoms with Gasteiger partial charge in [-0.15, -0.1) is 0 Å². The zero-order chi connectivity index (χ0) is 16.4.